The van der Waals surface area contributed by atoms with Gasteiger partial charge >= 0.3 is 5.97 Å². The molecule has 1 unspecified atom stereocenters. The van der Waals surface area contributed by atoms with Crippen LogP contribution in [0.25, 0.3) is 0 Å². The van der Waals surface area contributed by atoms with E-state index in [1.165, 1.54) is 12.1 Å². The third-order valence-corrected chi connectivity index (χ3v) is 2.18. The molecule has 1 aromatic rings. The zero-order valence-electron chi connectivity index (χ0n) is 8.28. The lowest BCUT2D eigenvalue weighted by Gasteiger charge is -2.11. The van der Waals surface area contributed by atoms with Crippen molar-refractivity contribution >= 4 is 23.3 Å². The molecule has 0 bridgehead atoms. The van der Waals surface area contributed by atoms with Crippen LogP contribution in [0.1, 0.15) is 6.42 Å². The molecule has 88 valence electrons. The minimum Gasteiger partial charge on any atom is -0.481 e. The number of benzene rings is 1. The molecule has 0 aliphatic rings. The summed E-state index contributed by atoms with van der Waals surface area (Å²) in [6.07, 6.45) is -1.47. The van der Waals surface area contributed by atoms with Gasteiger partial charge in [0.2, 0.25) is 0 Å². The van der Waals surface area contributed by atoms with Gasteiger partial charge in [0.15, 0.2) is 5.82 Å². The zero-order chi connectivity index (χ0) is 12.1. The van der Waals surface area contributed by atoms with Crippen molar-refractivity contribution in [1.82, 2.24) is 0 Å². The molecule has 16 heavy (non-hydrogen) atoms. The number of carboxylic acid groups (broad SMARTS) is 1. The van der Waals surface area contributed by atoms with Crippen LogP contribution in [0, 0.1) is 5.82 Å². The van der Waals surface area contributed by atoms with Gasteiger partial charge < -0.3 is 15.5 Å². The number of anilines is 1. The number of aliphatic carboxylic acids is 1. The van der Waals surface area contributed by atoms with Crippen LogP contribution < -0.4 is 5.32 Å². The van der Waals surface area contributed by atoms with Crippen molar-refractivity contribution in [2.75, 3.05) is 11.9 Å². The number of nitrogens with one attached hydrogen (secondary N) is 1. The van der Waals surface area contributed by atoms with E-state index < -0.39 is 24.3 Å². The summed E-state index contributed by atoms with van der Waals surface area (Å²) in [4.78, 5) is 10.3. The summed E-state index contributed by atoms with van der Waals surface area (Å²) in [5.41, 5.74) is 0.136. The molecule has 1 rings (SSSR count). The van der Waals surface area contributed by atoms with Gasteiger partial charge in [0.1, 0.15) is 0 Å². The van der Waals surface area contributed by atoms with Crippen LogP contribution in [0.3, 0.4) is 0 Å². The van der Waals surface area contributed by atoms with E-state index in [1.807, 2.05) is 0 Å². The van der Waals surface area contributed by atoms with E-state index in [9.17, 15) is 14.3 Å². The average Bonchev–Trinajstić information content (AvgIpc) is 2.19. The van der Waals surface area contributed by atoms with Crippen molar-refractivity contribution in [2.24, 2.45) is 0 Å². The lowest BCUT2D eigenvalue weighted by atomic mass is 10.2. The van der Waals surface area contributed by atoms with E-state index in [-0.39, 0.29) is 17.3 Å². The minimum absolute atomic E-state index is 0.0299. The summed E-state index contributed by atoms with van der Waals surface area (Å²) in [5, 5.41) is 20.2. The van der Waals surface area contributed by atoms with Crippen LogP contribution in [0.15, 0.2) is 18.2 Å². The van der Waals surface area contributed by atoms with E-state index in [2.05, 4.69) is 5.32 Å². The van der Waals surface area contributed by atoms with Crippen molar-refractivity contribution in [3.8, 4) is 0 Å². The molecule has 1 aromatic carbocycles. The Morgan fingerprint density at radius 1 is 1.56 bits per heavy atom. The predicted molar refractivity (Wildman–Crippen MR) is 58.2 cm³/mol. The van der Waals surface area contributed by atoms with Gasteiger partial charge in [-0.2, -0.15) is 0 Å². The number of aliphatic hydroxyl groups is 1. The second-order valence-electron chi connectivity index (χ2n) is 3.23. The second kappa shape index (κ2) is 5.67. The first kappa shape index (κ1) is 12.7. The normalized spacial score (nSPS) is 12.2. The molecule has 0 aliphatic heterocycles. The highest BCUT2D eigenvalue weighted by Crippen LogP contribution is 2.21. The van der Waals surface area contributed by atoms with Crippen molar-refractivity contribution in [1.29, 1.82) is 0 Å². The summed E-state index contributed by atoms with van der Waals surface area (Å²) in [6.45, 7) is -0.0520. The van der Waals surface area contributed by atoms with E-state index in [4.69, 9.17) is 16.7 Å². The Kier molecular flexibility index (Phi) is 4.52. The number of carbonyl (C=O) groups is 1. The topological polar surface area (TPSA) is 69.6 Å². The first-order valence-electron chi connectivity index (χ1n) is 4.58. The first-order valence-corrected chi connectivity index (χ1v) is 4.96. The summed E-state index contributed by atoms with van der Waals surface area (Å²) in [5.74, 6) is -1.73. The molecule has 0 fully saturated rings. The molecule has 0 aliphatic carbocycles. The van der Waals surface area contributed by atoms with Crippen LogP contribution in [-0.4, -0.2) is 28.8 Å². The number of rotatable bonds is 5. The third-order valence-electron chi connectivity index (χ3n) is 1.89. The van der Waals surface area contributed by atoms with E-state index in [0.29, 0.717) is 0 Å². The highest BCUT2D eigenvalue weighted by Gasteiger charge is 2.11. The quantitative estimate of drug-likeness (QED) is 0.741. The fourth-order valence-corrected chi connectivity index (χ4v) is 1.32. The number of hydrogen-bond donors (Lipinski definition) is 3. The molecule has 0 amide bonds. The smallest absolute Gasteiger partial charge is 0.306 e. The Labute approximate surface area is 96.7 Å². The molecule has 6 heteroatoms. The fourth-order valence-electron chi connectivity index (χ4n) is 1.14. The van der Waals surface area contributed by atoms with Gasteiger partial charge in [0.25, 0.3) is 0 Å². The lowest BCUT2D eigenvalue weighted by molar-refractivity contribution is -0.138. The Morgan fingerprint density at radius 3 is 2.88 bits per heavy atom. The Balaban J connectivity index is 2.54. The summed E-state index contributed by atoms with van der Waals surface area (Å²) in [7, 11) is 0. The first-order chi connectivity index (χ1) is 7.50. The molecule has 1 atom stereocenters. The number of hydrogen-bond acceptors (Lipinski definition) is 3. The predicted octanol–water partition coefficient (Wildman–Crippen LogP) is 1.73. The molecule has 0 radical (unpaired) electrons. The largest absolute Gasteiger partial charge is 0.481 e. The monoisotopic (exact) mass is 247 g/mol. The highest BCUT2D eigenvalue weighted by molar-refractivity contribution is 6.31. The van der Waals surface area contributed by atoms with Crippen molar-refractivity contribution in [3.63, 3.8) is 0 Å². The fraction of sp³-hybridized carbons (Fsp3) is 0.300. The number of halogens is 2. The van der Waals surface area contributed by atoms with Gasteiger partial charge in [0, 0.05) is 6.54 Å². The molecule has 0 spiro atoms. The molecule has 0 saturated heterocycles. The van der Waals surface area contributed by atoms with E-state index in [1.54, 1.807) is 6.07 Å². The van der Waals surface area contributed by atoms with Gasteiger partial charge in [-0.25, -0.2) is 4.39 Å². The standard InChI is InChI=1S/C10H11ClFNO3/c11-7-2-1-3-8(10(7)12)13-5-6(14)4-9(15)16/h1-3,6,13-14H,4-5H2,(H,15,16). The van der Waals surface area contributed by atoms with Gasteiger partial charge in [-0.3, -0.25) is 4.79 Å². The Hall–Kier alpha value is -1.33. The second-order valence-corrected chi connectivity index (χ2v) is 3.64. The third kappa shape index (κ3) is 3.67. The maximum atomic E-state index is 13.3. The average molecular weight is 248 g/mol. The number of aliphatic hydroxyl groups excluding tert-OH is 1. The molecular formula is C10H11ClFNO3. The van der Waals surface area contributed by atoms with Crippen LogP contribution in [0.5, 0.6) is 0 Å². The van der Waals surface area contributed by atoms with E-state index in [0.717, 1.165) is 0 Å². The van der Waals surface area contributed by atoms with Gasteiger partial charge in [-0.1, -0.05) is 17.7 Å². The van der Waals surface area contributed by atoms with Gasteiger partial charge in [0.05, 0.1) is 23.2 Å². The Morgan fingerprint density at radius 2 is 2.25 bits per heavy atom. The van der Waals surface area contributed by atoms with Crippen molar-refractivity contribution < 1.29 is 19.4 Å². The molecule has 0 saturated carbocycles. The van der Waals surface area contributed by atoms with Gasteiger partial charge in [-0.05, 0) is 12.1 Å². The maximum absolute atomic E-state index is 13.3. The lowest BCUT2D eigenvalue weighted by Crippen LogP contribution is -2.23. The van der Waals surface area contributed by atoms with Crippen LogP contribution >= 0.6 is 11.6 Å². The summed E-state index contributed by atoms with van der Waals surface area (Å²) in [6, 6.07) is 4.40. The maximum Gasteiger partial charge on any atom is 0.306 e. The van der Waals surface area contributed by atoms with Crippen molar-refractivity contribution in [2.45, 2.75) is 12.5 Å². The van der Waals surface area contributed by atoms with Crippen LogP contribution in [0.2, 0.25) is 5.02 Å². The van der Waals surface area contributed by atoms with Crippen LogP contribution in [-0.2, 0) is 4.79 Å². The number of carboxylic acids is 1. The van der Waals surface area contributed by atoms with E-state index >= 15 is 0 Å². The molecule has 4 nitrogen and oxygen atoms in total. The van der Waals surface area contributed by atoms with Gasteiger partial charge in [-0.15, -0.1) is 0 Å². The molecule has 0 aromatic heterocycles. The minimum atomic E-state index is -1.11. The summed E-state index contributed by atoms with van der Waals surface area (Å²) >= 11 is 5.54. The zero-order valence-corrected chi connectivity index (χ0v) is 9.04. The Bertz CT molecular complexity index is 386. The summed E-state index contributed by atoms with van der Waals surface area (Å²) < 4.78 is 13.3. The molecule has 0 heterocycles. The SMILES string of the molecule is O=C(O)CC(O)CNc1cccc(Cl)c1F. The molecule has 3 N–H and O–H groups in total. The molecular weight excluding hydrogens is 237 g/mol. The van der Waals surface area contributed by atoms with Crippen LogP contribution in [0.4, 0.5) is 10.1 Å². The highest BCUT2D eigenvalue weighted by atomic mass is 35.5. The van der Waals surface area contributed by atoms with Crippen molar-refractivity contribution in [3.05, 3.63) is 29.0 Å².